The molecule has 5 nitrogen and oxygen atoms in total. The molecule has 0 aliphatic heterocycles. The molecule has 1 aromatic heterocycles. The molecule has 0 unspecified atom stereocenters. The van der Waals surface area contributed by atoms with Crippen LogP contribution in [0.5, 0.6) is 0 Å². The Morgan fingerprint density at radius 3 is 2.77 bits per heavy atom. The summed E-state index contributed by atoms with van der Waals surface area (Å²) in [4.78, 5) is 11.5. The third-order valence-electron chi connectivity index (χ3n) is 1.79. The first-order valence-corrected chi connectivity index (χ1v) is 4.67. The fourth-order valence-corrected chi connectivity index (χ4v) is 0.993. The Balaban J connectivity index is 2.61. The van der Waals surface area contributed by atoms with Gasteiger partial charge in [0.1, 0.15) is 0 Å². The molecule has 0 aromatic carbocycles. The lowest BCUT2D eigenvalue weighted by molar-refractivity contribution is -0.121. The molecular formula is C7H12N4OS. The van der Waals surface area contributed by atoms with E-state index in [-0.39, 0.29) is 5.91 Å². The van der Waals surface area contributed by atoms with Crippen LogP contribution in [0.4, 0.5) is 5.82 Å². The van der Waals surface area contributed by atoms with Crippen molar-refractivity contribution in [2.75, 3.05) is 12.4 Å². The number of nitrogens with one attached hydrogen (secondary N) is 2. The zero-order chi connectivity index (χ0) is 9.90. The van der Waals surface area contributed by atoms with Crippen molar-refractivity contribution in [3.05, 3.63) is 5.38 Å². The summed E-state index contributed by atoms with van der Waals surface area (Å²) in [6.45, 7) is 3.59. The second-order valence-corrected chi connectivity index (χ2v) is 3.73. The van der Waals surface area contributed by atoms with Crippen molar-refractivity contribution >= 4 is 23.3 Å². The summed E-state index contributed by atoms with van der Waals surface area (Å²) in [7, 11) is 1.73. The molecule has 6 heteroatoms. The van der Waals surface area contributed by atoms with Crippen LogP contribution in [0, 0.1) is 0 Å². The molecule has 1 heterocycles. The first kappa shape index (κ1) is 10.1. The highest BCUT2D eigenvalue weighted by molar-refractivity contribution is 7.03. The highest BCUT2D eigenvalue weighted by atomic mass is 32.1. The molecule has 0 fully saturated rings. The molecule has 0 radical (unpaired) electrons. The van der Waals surface area contributed by atoms with E-state index >= 15 is 0 Å². The summed E-state index contributed by atoms with van der Waals surface area (Å²) in [5.74, 6) is 0.376. The average molecular weight is 200 g/mol. The van der Waals surface area contributed by atoms with E-state index in [0.29, 0.717) is 5.82 Å². The normalized spacial score (nSPS) is 11.3. The van der Waals surface area contributed by atoms with Crippen molar-refractivity contribution in [1.29, 1.82) is 0 Å². The van der Waals surface area contributed by atoms with Gasteiger partial charge in [0.05, 0.1) is 10.9 Å². The Morgan fingerprint density at radius 2 is 2.31 bits per heavy atom. The predicted molar refractivity (Wildman–Crippen MR) is 51.7 cm³/mol. The molecule has 0 bridgehead atoms. The number of rotatable bonds is 3. The standard InChI is InChI=1S/C7H12N4OS/c1-7(2,8-3)6(12)9-5-4-13-11-10-5/h4,8H,1-3H3,(H,9,12). The Bertz CT molecular complexity index is 283. The number of aromatic nitrogens is 2. The molecule has 1 amide bonds. The van der Waals surface area contributed by atoms with Gasteiger partial charge in [0, 0.05) is 0 Å². The highest BCUT2D eigenvalue weighted by Gasteiger charge is 2.25. The zero-order valence-corrected chi connectivity index (χ0v) is 8.60. The Labute approximate surface area is 80.7 Å². The molecule has 1 rings (SSSR count). The molecule has 0 aliphatic carbocycles. The van der Waals surface area contributed by atoms with E-state index < -0.39 is 5.54 Å². The van der Waals surface area contributed by atoms with Crippen molar-refractivity contribution in [3.8, 4) is 0 Å². The van der Waals surface area contributed by atoms with Gasteiger partial charge >= 0.3 is 0 Å². The number of amides is 1. The predicted octanol–water partition coefficient (Wildman–Crippen LogP) is 0.475. The van der Waals surface area contributed by atoms with E-state index in [1.54, 1.807) is 26.3 Å². The molecule has 72 valence electrons. The zero-order valence-electron chi connectivity index (χ0n) is 7.79. The molecule has 13 heavy (non-hydrogen) atoms. The van der Waals surface area contributed by atoms with Crippen LogP contribution in [0.2, 0.25) is 0 Å². The first-order chi connectivity index (χ1) is 6.06. The molecule has 0 atom stereocenters. The van der Waals surface area contributed by atoms with Crippen LogP contribution in [0.3, 0.4) is 0 Å². The number of hydrogen-bond donors (Lipinski definition) is 2. The largest absolute Gasteiger partial charge is 0.307 e. The summed E-state index contributed by atoms with van der Waals surface area (Å²) < 4.78 is 3.64. The van der Waals surface area contributed by atoms with Crippen LogP contribution in [0.15, 0.2) is 5.38 Å². The van der Waals surface area contributed by atoms with E-state index in [9.17, 15) is 4.79 Å². The molecule has 0 aliphatic rings. The minimum atomic E-state index is -0.594. The maximum Gasteiger partial charge on any atom is 0.245 e. The van der Waals surface area contributed by atoms with Crippen LogP contribution in [-0.2, 0) is 4.79 Å². The minimum Gasteiger partial charge on any atom is -0.307 e. The fraction of sp³-hybridized carbons (Fsp3) is 0.571. The van der Waals surface area contributed by atoms with Gasteiger partial charge in [-0.25, -0.2) is 0 Å². The number of nitrogens with zero attached hydrogens (tertiary/aromatic N) is 2. The van der Waals surface area contributed by atoms with E-state index in [2.05, 4.69) is 20.2 Å². The Kier molecular flexibility index (Phi) is 2.94. The van der Waals surface area contributed by atoms with Gasteiger partial charge in [0.25, 0.3) is 0 Å². The van der Waals surface area contributed by atoms with Gasteiger partial charge in [-0.15, -0.1) is 5.10 Å². The summed E-state index contributed by atoms with van der Waals surface area (Å²) in [6, 6.07) is 0. The smallest absolute Gasteiger partial charge is 0.245 e. The van der Waals surface area contributed by atoms with E-state index in [1.807, 2.05) is 0 Å². The summed E-state index contributed by atoms with van der Waals surface area (Å²) in [5.41, 5.74) is -0.594. The number of anilines is 1. The summed E-state index contributed by atoms with van der Waals surface area (Å²) >= 11 is 1.20. The van der Waals surface area contributed by atoms with Crippen molar-refractivity contribution in [1.82, 2.24) is 14.9 Å². The molecule has 0 saturated carbocycles. The van der Waals surface area contributed by atoms with E-state index in [0.717, 1.165) is 0 Å². The van der Waals surface area contributed by atoms with Crippen molar-refractivity contribution in [3.63, 3.8) is 0 Å². The van der Waals surface area contributed by atoms with Gasteiger partial charge in [-0.05, 0) is 32.4 Å². The van der Waals surface area contributed by atoms with E-state index in [1.165, 1.54) is 11.5 Å². The van der Waals surface area contributed by atoms with Crippen LogP contribution >= 0.6 is 11.5 Å². The van der Waals surface area contributed by atoms with Gasteiger partial charge in [0.15, 0.2) is 5.82 Å². The topological polar surface area (TPSA) is 66.9 Å². The third-order valence-corrected chi connectivity index (χ3v) is 2.30. The van der Waals surface area contributed by atoms with Crippen LogP contribution in [0.1, 0.15) is 13.8 Å². The number of carbonyl (C=O) groups excluding carboxylic acids is 1. The number of likely N-dealkylation sites (N-methyl/N-ethyl adjacent to an activating group) is 1. The lowest BCUT2D eigenvalue weighted by Gasteiger charge is -2.21. The third kappa shape index (κ3) is 2.46. The lowest BCUT2D eigenvalue weighted by Crippen LogP contribution is -2.47. The van der Waals surface area contributed by atoms with Crippen LogP contribution < -0.4 is 10.6 Å². The number of hydrogen-bond acceptors (Lipinski definition) is 5. The van der Waals surface area contributed by atoms with E-state index in [4.69, 9.17) is 0 Å². The molecule has 0 saturated heterocycles. The van der Waals surface area contributed by atoms with Gasteiger partial charge in [-0.1, -0.05) is 4.49 Å². The number of carbonyl (C=O) groups is 1. The quantitative estimate of drug-likeness (QED) is 0.744. The first-order valence-electron chi connectivity index (χ1n) is 3.83. The molecule has 2 N–H and O–H groups in total. The minimum absolute atomic E-state index is 0.122. The van der Waals surface area contributed by atoms with Crippen LogP contribution in [0.25, 0.3) is 0 Å². The van der Waals surface area contributed by atoms with Gasteiger partial charge in [0.2, 0.25) is 5.91 Å². The second-order valence-electron chi connectivity index (χ2n) is 3.12. The SMILES string of the molecule is CNC(C)(C)C(=O)Nc1csnn1. The van der Waals surface area contributed by atoms with Crippen LogP contribution in [-0.4, -0.2) is 28.1 Å². The molecular weight excluding hydrogens is 188 g/mol. The van der Waals surface area contributed by atoms with Crippen molar-refractivity contribution in [2.24, 2.45) is 0 Å². The van der Waals surface area contributed by atoms with Gasteiger partial charge in [-0.3, -0.25) is 4.79 Å². The highest BCUT2D eigenvalue weighted by Crippen LogP contribution is 2.08. The lowest BCUT2D eigenvalue weighted by atomic mass is 10.1. The summed E-state index contributed by atoms with van der Waals surface area (Å²) in [5, 5.41) is 10.9. The van der Waals surface area contributed by atoms with Gasteiger partial charge in [-0.2, -0.15) is 0 Å². The second kappa shape index (κ2) is 3.80. The monoisotopic (exact) mass is 200 g/mol. The maximum absolute atomic E-state index is 11.5. The molecule has 1 aromatic rings. The van der Waals surface area contributed by atoms with Crippen molar-refractivity contribution in [2.45, 2.75) is 19.4 Å². The maximum atomic E-state index is 11.5. The summed E-state index contributed by atoms with van der Waals surface area (Å²) in [6.07, 6.45) is 0. The van der Waals surface area contributed by atoms with Gasteiger partial charge < -0.3 is 10.6 Å². The Hall–Kier alpha value is -1.01. The average Bonchev–Trinajstić information content (AvgIpc) is 2.57. The fourth-order valence-electron chi connectivity index (χ4n) is 0.605. The molecule has 0 spiro atoms. The van der Waals surface area contributed by atoms with Crippen molar-refractivity contribution < 1.29 is 4.79 Å². The Morgan fingerprint density at radius 1 is 1.62 bits per heavy atom.